The van der Waals surface area contributed by atoms with Crippen molar-refractivity contribution in [2.45, 2.75) is 19.3 Å². The van der Waals surface area contributed by atoms with Gasteiger partial charge in [0.15, 0.2) is 5.52 Å². The zero-order valence-corrected chi connectivity index (χ0v) is 17.1. The van der Waals surface area contributed by atoms with Crippen molar-refractivity contribution in [3.63, 3.8) is 0 Å². The summed E-state index contributed by atoms with van der Waals surface area (Å²) in [5, 5.41) is 4.01. The highest BCUT2D eigenvalue weighted by Gasteiger charge is 2.33. The summed E-state index contributed by atoms with van der Waals surface area (Å²) in [5.74, 6) is -0.852. The number of hydrogen-bond acceptors (Lipinski definition) is 5. The molecule has 32 heavy (non-hydrogen) atoms. The second-order valence-corrected chi connectivity index (χ2v) is 7.83. The largest absolute Gasteiger partial charge is 0.418 e. The number of carbonyl (C=O) groups is 1. The summed E-state index contributed by atoms with van der Waals surface area (Å²) in [5.41, 5.74) is -2.71. The second-order valence-electron chi connectivity index (χ2n) is 6.80. The van der Waals surface area contributed by atoms with E-state index in [4.69, 9.17) is 0 Å². The molecule has 0 aliphatic heterocycles. The molecule has 1 aromatic carbocycles. The van der Waals surface area contributed by atoms with Crippen LogP contribution in [0.25, 0.3) is 11.0 Å². The molecule has 0 aliphatic carbocycles. The zero-order valence-electron chi connectivity index (χ0n) is 16.3. The number of carbonyl (C=O) groups excluding carboxylic acids is 1. The quantitative estimate of drug-likeness (QED) is 0.495. The SMILES string of the molecule is O=C(Cn1c(=O)n(Cc2cccs2)c(=O)c2ncccc21)Nc1ccccc1C(F)(F)F. The summed E-state index contributed by atoms with van der Waals surface area (Å²) >= 11 is 1.35. The molecule has 0 aliphatic rings. The van der Waals surface area contributed by atoms with E-state index in [0.717, 1.165) is 26.1 Å². The van der Waals surface area contributed by atoms with E-state index < -0.39 is 41.1 Å². The standard InChI is InChI=1S/C21H15F3N4O3S/c22-21(23,24)14-6-1-2-7-15(14)26-17(29)12-27-16-8-3-9-25-18(16)19(30)28(20(27)31)11-13-5-4-10-32-13/h1-10H,11-12H2,(H,26,29). The van der Waals surface area contributed by atoms with E-state index in [1.54, 1.807) is 17.5 Å². The number of rotatable bonds is 5. The molecule has 0 bridgehead atoms. The fourth-order valence-corrected chi connectivity index (χ4v) is 3.96. The molecule has 0 unspecified atom stereocenters. The Morgan fingerprint density at radius 1 is 1.03 bits per heavy atom. The Bertz CT molecular complexity index is 1410. The van der Waals surface area contributed by atoms with Gasteiger partial charge in [0, 0.05) is 11.1 Å². The van der Waals surface area contributed by atoms with Crippen molar-refractivity contribution in [3.8, 4) is 0 Å². The molecule has 164 valence electrons. The maximum absolute atomic E-state index is 13.2. The molecule has 0 saturated heterocycles. The van der Waals surface area contributed by atoms with Crippen LogP contribution in [-0.4, -0.2) is 20.0 Å². The lowest BCUT2D eigenvalue weighted by atomic mass is 10.1. The first-order chi connectivity index (χ1) is 15.3. The van der Waals surface area contributed by atoms with E-state index in [2.05, 4.69) is 10.3 Å². The molecule has 0 atom stereocenters. The van der Waals surface area contributed by atoms with Gasteiger partial charge >= 0.3 is 11.9 Å². The molecule has 4 rings (SSSR count). The predicted molar refractivity (Wildman–Crippen MR) is 114 cm³/mol. The van der Waals surface area contributed by atoms with Gasteiger partial charge in [-0.25, -0.2) is 9.78 Å². The number of pyridine rings is 1. The number of nitrogens with one attached hydrogen (secondary N) is 1. The van der Waals surface area contributed by atoms with E-state index >= 15 is 0 Å². The van der Waals surface area contributed by atoms with Crippen molar-refractivity contribution in [2.75, 3.05) is 5.32 Å². The van der Waals surface area contributed by atoms with Crippen LogP contribution in [0.4, 0.5) is 18.9 Å². The molecule has 1 N–H and O–H groups in total. The minimum absolute atomic E-state index is 0.0135. The summed E-state index contributed by atoms with van der Waals surface area (Å²) < 4.78 is 41.7. The number of fused-ring (bicyclic) bond motifs is 1. The molecule has 0 radical (unpaired) electrons. The van der Waals surface area contributed by atoms with Crippen LogP contribution in [0.5, 0.6) is 0 Å². The van der Waals surface area contributed by atoms with E-state index in [0.29, 0.717) is 0 Å². The van der Waals surface area contributed by atoms with Gasteiger partial charge in [-0.15, -0.1) is 11.3 Å². The summed E-state index contributed by atoms with van der Waals surface area (Å²) in [7, 11) is 0. The van der Waals surface area contributed by atoms with Gasteiger partial charge in [0.1, 0.15) is 6.54 Å². The third kappa shape index (κ3) is 4.19. The number of aromatic nitrogens is 3. The van der Waals surface area contributed by atoms with Gasteiger partial charge in [-0.1, -0.05) is 18.2 Å². The van der Waals surface area contributed by atoms with Crippen molar-refractivity contribution in [1.29, 1.82) is 0 Å². The van der Waals surface area contributed by atoms with Crippen LogP contribution in [0.2, 0.25) is 0 Å². The number of thiophene rings is 1. The van der Waals surface area contributed by atoms with Crippen molar-refractivity contribution >= 4 is 34.0 Å². The monoisotopic (exact) mass is 460 g/mol. The highest BCUT2D eigenvalue weighted by molar-refractivity contribution is 7.09. The Kier molecular flexibility index (Phi) is 5.66. The average Bonchev–Trinajstić information content (AvgIpc) is 3.27. The number of para-hydroxylation sites is 1. The van der Waals surface area contributed by atoms with Crippen molar-refractivity contribution in [1.82, 2.24) is 14.1 Å². The molecule has 7 nitrogen and oxygen atoms in total. The molecule has 0 fully saturated rings. The number of nitrogens with zero attached hydrogens (tertiary/aromatic N) is 3. The van der Waals surface area contributed by atoms with Crippen LogP contribution in [0.1, 0.15) is 10.4 Å². The molecular weight excluding hydrogens is 445 g/mol. The van der Waals surface area contributed by atoms with Gasteiger partial charge in [-0.3, -0.25) is 18.7 Å². The summed E-state index contributed by atoms with van der Waals surface area (Å²) in [6, 6.07) is 11.0. The first-order valence-electron chi connectivity index (χ1n) is 9.32. The fraction of sp³-hybridized carbons (Fsp3) is 0.143. The third-order valence-corrected chi connectivity index (χ3v) is 5.55. The van der Waals surface area contributed by atoms with Crippen LogP contribution < -0.4 is 16.6 Å². The second kappa shape index (κ2) is 8.42. The molecule has 3 aromatic heterocycles. The Morgan fingerprint density at radius 2 is 1.81 bits per heavy atom. The lowest BCUT2D eigenvalue weighted by Crippen LogP contribution is -2.42. The number of amides is 1. The third-order valence-electron chi connectivity index (χ3n) is 4.69. The van der Waals surface area contributed by atoms with Gasteiger partial charge in [0.25, 0.3) is 5.56 Å². The van der Waals surface area contributed by atoms with Crippen molar-refractivity contribution < 1.29 is 18.0 Å². The van der Waals surface area contributed by atoms with Gasteiger partial charge in [0.05, 0.1) is 23.3 Å². The van der Waals surface area contributed by atoms with Crippen molar-refractivity contribution in [3.05, 3.63) is 91.4 Å². The summed E-state index contributed by atoms with van der Waals surface area (Å²) in [4.78, 5) is 43.3. The van der Waals surface area contributed by atoms with Gasteiger partial charge in [-0.2, -0.15) is 13.2 Å². The topological polar surface area (TPSA) is 86.0 Å². The van der Waals surface area contributed by atoms with Crippen LogP contribution in [0.3, 0.4) is 0 Å². The highest BCUT2D eigenvalue weighted by Crippen LogP contribution is 2.34. The lowest BCUT2D eigenvalue weighted by Gasteiger charge is -2.15. The Labute approximate surface area is 182 Å². The molecule has 4 aromatic rings. The number of hydrogen-bond donors (Lipinski definition) is 1. The van der Waals surface area contributed by atoms with Gasteiger partial charge < -0.3 is 5.32 Å². The molecule has 3 heterocycles. The molecule has 11 heteroatoms. The highest BCUT2D eigenvalue weighted by atomic mass is 32.1. The van der Waals surface area contributed by atoms with Gasteiger partial charge in [-0.05, 0) is 35.7 Å². The first-order valence-corrected chi connectivity index (χ1v) is 10.2. The molecule has 1 amide bonds. The molecule has 0 spiro atoms. The smallest absolute Gasteiger partial charge is 0.324 e. The minimum atomic E-state index is -4.66. The normalized spacial score (nSPS) is 11.6. The first kappa shape index (κ1) is 21.5. The Hall–Kier alpha value is -3.73. The fourth-order valence-electron chi connectivity index (χ4n) is 3.27. The van der Waals surface area contributed by atoms with Crippen LogP contribution >= 0.6 is 11.3 Å². The predicted octanol–water partition coefficient (Wildman–Crippen LogP) is 3.33. The van der Waals surface area contributed by atoms with E-state index in [1.165, 1.54) is 41.8 Å². The number of halogens is 3. The van der Waals surface area contributed by atoms with E-state index in [-0.39, 0.29) is 17.6 Å². The summed E-state index contributed by atoms with van der Waals surface area (Å²) in [6.45, 7) is -0.613. The average molecular weight is 460 g/mol. The van der Waals surface area contributed by atoms with E-state index in [1.807, 2.05) is 0 Å². The van der Waals surface area contributed by atoms with Crippen LogP contribution in [-0.2, 0) is 24.1 Å². The number of alkyl halides is 3. The maximum atomic E-state index is 13.2. The Balaban J connectivity index is 1.74. The van der Waals surface area contributed by atoms with Crippen LogP contribution in [0, 0.1) is 0 Å². The number of anilines is 1. The Morgan fingerprint density at radius 3 is 2.53 bits per heavy atom. The molecular formula is C21H15F3N4O3S. The maximum Gasteiger partial charge on any atom is 0.418 e. The van der Waals surface area contributed by atoms with Crippen molar-refractivity contribution in [2.24, 2.45) is 0 Å². The minimum Gasteiger partial charge on any atom is -0.324 e. The zero-order chi connectivity index (χ0) is 22.9. The van der Waals surface area contributed by atoms with Gasteiger partial charge in [0.2, 0.25) is 5.91 Å². The lowest BCUT2D eigenvalue weighted by molar-refractivity contribution is -0.137. The van der Waals surface area contributed by atoms with E-state index in [9.17, 15) is 27.6 Å². The van der Waals surface area contributed by atoms with Crippen LogP contribution in [0.15, 0.2) is 69.7 Å². The summed E-state index contributed by atoms with van der Waals surface area (Å²) in [6.07, 6.45) is -3.28. The molecule has 0 saturated carbocycles. The number of benzene rings is 1.